The highest BCUT2D eigenvalue weighted by atomic mass is 14.0. The molecule has 0 amide bonds. The predicted molar refractivity (Wildman–Crippen MR) is 78.6 cm³/mol. The van der Waals surface area contributed by atoms with E-state index in [9.17, 15) is 0 Å². The minimum absolute atomic E-state index is 0. The lowest BCUT2D eigenvalue weighted by molar-refractivity contribution is 0.730. The van der Waals surface area contributed by atoms with E-state index < -0.39 is 0 Å². The predicted octanol–water partition coefficient (Wildman–Crippen LogP) is 5.39. The average molecular weight is 233 g/mol. The van der Waals surface area contributed by atoms with Crippen molar-refractivity contribution in [3.05, 3.63) is 41.5 Å². The van der Waals surface area contributed by atoms with Gasteiger partial charge in [-0.1, -0.05) is 69.5 Å². The minimum Gasteiger partial charge on any atom is -0.344 e. The summed E-state index contributed by atoms with van der Waals surface area (Å²) in [7, 11) is 0. The Morgan fingerprint density at radius 1 is 1.06 bits per heavy atom. The molecule has 0 aromatic heterocycles. The highest BCUT2D eigenvalue weighted by Gasteiger charge is 1.91. The number of hydrogen-bond donors (Lipinski definition) is 1. The second kappa shape index (κ2) is 10.1. The van der Waals surface area contributed by atoms with Crippen molar-refractivity contribution in [3.8, 4) is 0 Å². The molecule has 0 bridgehead atoms. The second-order valence-corrected chi connectivity index (χ2v) is 4.39. The molecule has 0 spiro atoms. The summed E-state index contributed by atoms with van der Waals surface area (Å²) in [5, 5.41) is 0. The number of benzene rings is 1. The molecular weight excluding hydrogens is 206 g/mol. The summed E-state index contributed by atoms with van der Waals surface area (Å²) >= 11 is 0. The Bertz CT molecular complexity index is 315. The molecule has 17 heavy (non-hydrogen) atoms. The van der Waals surface area contributed by atoms with Crippen LogP contribution in [-0.2, 0) is 6.42 Å². The highest BCUT2D eigenvalue weighted by molar-refractivity contribution is 5.50. The molecule has 0 radical (unpaired) electrons. The van der Waals surface area contributed by atoms with E-state index in [2.05, 4.69) is 50.3 Å². The first-order valence-corrected chi connectivity index (χ1v) is 6.62. The molecule has 0 unspecified atom stereocenters. The monoisotopic (exact) mass is 233 g/mol. The third-order valence-electron chi connectivity index (χ3n) is 2.77. The van der Waals surface area contributed by atoms with Crippen LogP contribution >= 0.6 is 0 Å². The van der Waals surface area contributed by atoms with Crippen molar-refractivity contribution in [3.63, 3.8) is 0 Å². The molecule has 0 fully saturated rings. The minimum atomic E-state index is 0. The molecule has 0 heterocycles. The van der Waals surface area contributed by atoms with Crippen LogP contribution in [0.3, 0.4) is 0 Å². The second-order valence-electron chi connectivity index (χ2n) is 4.39. The molecule has 3 N–H and O–H groups in total. The SMILES string of the molecule is CCCCCC=Cc1cccc(CCC)c1.N. The highest BCUT2D eigenvalue weighted by Crippen LogP contribution is 2.10. The Hall–Kier alpha value is -1.08. The summed E-state index contributed by atoms with van der Waals surface area (Å²) in [6.45, 7) is 4.48. The normalized spacial score (nSPS) is 10.5. The van der Waals surface area contributed by atoms with Gasteiger partial charge in [-0.15, -0.1) is 0 Å². The number of allylic oxidation sites excluding steroid dienone is 1. The molecule has 0 aliphatic heterocycles. The zero-order valence-corrected chi connectivity index (χ0v) is 11.4. The first-order chi connectivity index (χ1) is 7.86. The number of rotatable bonds is 7. The van der Waals surface area contributed by atoms with Crippen LogP contribution in [0.2, 0.25) is 0 Å². The van der Waals surface area contributed by atoms with E-state index in [0.29, 0.717) is 0 Å². The lowest BCUT2D eigenvalue weighted by Crippen LogP contribution is -1.83. The van der Waals surface area contributed by atoms with Gasteiger partial charge in [0.2, 0.25) is 0 Å². The summed E-state index contributed by atoms with van der Waals surface area (Å²) in [6, 6.07) is 8.88. The van der Waals surface area contributed by atoms with E-state index in [1.807, 2.05) is 0 Å². The van der Waals surface area contributed by atoms with Crippen molar-refractivity contribution in [2.24, 2.45) is 0 Å². The number of unbranched alkanes of at least 4 members (excludes halogenated alkanes) is 3. The topological polar surface area (TPSA) is 35.0 Å². The van der Waals surface area contributed by atoms with Gasteiger partial charge >= 0.3 is 0 Å². The Balaban J connectivity index is 0.00000256. The van der Waals surface area contributed by atoms with Gasteiger partial charge in [0, 0.05) is 0 Å². The molecule has 1 aromatic carbocycles. The van der Waals surface area contributed by atoms with Crippen LogP contribution in [-0.4, -0.2) is 0 Å². The molecule has 96 valence electrons. The fourth-order valence-corrected chi connectivity index (χ4v) is 1.87. The van der Waals surface area contributed by atoms with Crippen LogP contribution < -0.4 is 6.15 Å². The first kappa shape index (κ1) is 15.9. The average Bonchev–Trinajstić information content (AvgIpc) is 2.30. The molecule has 1 heteroatoms. The molecule has 1 rings (SSSR count). The smallest absolute Gasteiger partial charge is 0.0257 e. The largest absolute Gasteiger partial charge is 0.344 e. The van der Waals surface area contributed by atoms with Crippen molar-refractivity contribution >= 4 is 6.08 Å². The third kappa shape index (κ3) is 6.96. The third-order valence-corrected chi connectivity index (χ3v) is 2.77. The maximum atomic E-state index is 2.31. The molecule has 1 nitrogen and oxygen atoms in total. The Morgan fingerprint density at radius 3 is 2.59 bits per heavy atom. The van der Waals surface area contributed by atoms with Gasteiger partial charge in [-0.3, -0.25) is 0 Å². The lowest BCUT2D eigenvalue weighted by atomic mass is 10.1. The van der Waals surface area contributed by atoms with Crippen LogP contribution in [0, 0.1) is 0 Å². The van der Waals surface area contributed by atoms with Crippen molar-refractivity contribution in [1.29, 1.82) is 0 Å². The van der Waals surface area contributed by atoms with E-state index in [1.165, 1.54) is 49.7 Å². The van der Waals surface area contributed by atoms with Gasteiger partial charge in [0.1, 0.15) is 0 Å². The zero-order chi connectivity index (χ0) is 11.6. The van der Waals surface area contributed by atoms with Crippen molar-refractivity contribution in [2.45, 2.75) is 52.4 Å². The summed E-state index contributed by atoms with van der Waals surface area (Å²) in [5.74, 6) is 0. The van der Waals surface area contributed by atoms with Crippen LogP contribution in [0.5, 0.6) is 0 Å². The molecule has 0 saturated carbocycles. The maximum absolute atomic E-state index is 2.31. The van der Waals surface area contributed by atoms with Gasteiger partial charge in [-0.2, -0.15) is 0 Å². The molecule has 0 saturated heterocycles. The Kier molecular flexibility index (Phi) is 9.46. The van der Waals surface area contributed by atoms with Crippen molar-refractivity contribution < 1.29 is 0 Å². The van der Waals surface area contributed by atoms with Gasteiger partial charge < -0.3 is 6.15 Å². The Labute approximate surface area is 107 Å². The molecule has 0 aliphatic carbocycles. The number of hydrogen-bond acceptors (Lipinski definition) is 1. The van der Waals surface area contributed by atoms with Crippen LogP contribution in [0.15, 0.2) is 30.3 Å². The van der Waals surface area contributed by atoms with Gasteiger partial charge in [0.15, 0.2) is 0 Å². The van der Waals surface area contributed by atoms with E-state index in [-0.39, 0.29) is 6.15 Å². The van der Waals surface area contributed by atoms with Crippen LogP contribution in [0.4, 0.5) is 0 Å². The quantitative estimate of drug-likeness (QED) is 0.629. The molecule has 0 atom stereocenters. The summed E-state index contributed by atoms with van der Waals surface area (Å²) in [4.78, 5) is 0. The molecule has 1 aromatic rings. The zero-order valence-electron chi connectivity index (χ0n) is 11.4. The van der Waals surface area contributed by atoms with Gasteiger partial charge in [-0.05, 0) is 30.4 Å². The van der Waals surface area contributed by atoms with Crippen LogP contribution in [0.25, 0.3) is 6.08 Å². The molecular formula is C16H27N. The summed E-state index contributed by atoms with van der Waals surface area (Å²) < 4.78 is 0. The molecule has 0 aliphatic rings. The lowest BCUT2D eigenvalue weighted by Gasteiger charge is -2.00. The van der Waals surface area contributed by atoms with E-state index in [1.54, 1.807) is 0 Å². The Morgan fingerprint density at radius 2 is 1.88 bits per heavy atom. The maximum Gasteiger partial charge on any atom is -0.0257 e. The fraction of sp³-hybridized carbons (Fsp3) is 0.500. The summed E-state index contributed by atoms with van der Waals surface area (Å²) in [6.07, 6.45) is 12.2. The van der Waals surface area contributed by atoms with E-state index >= 15 is 0 Å². The van der Waals surface area contributed by atoms with E-state index in [0.717, 1.165) is 0 Å². The number of aryl methyl sites for hydroxylation is 1. The van der Waals surface area contributed by atoms with Gasteiger partial charge in [0.05, 0.1) is 0 Å². The van der Waals surface area contributed by atoms with Crippen molar-refractivity contribution in [1.82, 2.24) is 6.15 Å². The summed E-state index contributed by atoms with van der Waals surface area (Å²) in [5.41, 5.74) is 2.81. The van der Waals surface area contributed by atoms with E-state index in [4.69, 9.17) is 0 Å². The van der Waals surface area contributed by atoms with Crippen molar-refractivity contribution in [2.75, 3.05) is 0 Å². The van der Waals surface area contributed by atoms with Crippen LogP contribution in [0.1, 0.15) is 57.1 Å². The first-order valence-electron chi connectivity index (χ1n) is 6.62. The standard InChI is InChI=1S/C16H24.H3N/c1-3-5-6-7-8-11-16-13-9-12-15(14-16)10-4-2;/h8-9,11-14H,3-7,10H2,1-2H3;1H3. The van der Waals surface area contributed by atoms with Gasteiger partial charge in [-0.25, -0.2) is 0 Å². The fourth-order valence-electron chi connectivity index (χ4n) is 1.87. The van der Waals surface area contributed by atoms with Gasteiger partial charge in [0.25, 0.3) is 0 Å².